The van der Waals surface area contributed by atoms with Gasteiger partial charge in [0.15, 0.2) is 0 Å². The number of allylic oxidation sites excluding steroid dienone is 4. The molecule has 1 aliphatic carbocycles. The van der Waals surface area contributed by atoms with Gasteiger partial charge in [0, 0.05) is 0 Å². The predicted molar refractivity (Wildman–Crippen MR) is 50.5 cm³/mol. The highest BCUT2D eigenvalue weighted by Gasteiger charge is 2.09. The van der Waals surface area contributed by atoms with Crippen LogP contribution in [0.2, 0.25) is 0 Å². The van der Waals surface area contributed by atoms with E-state index in [-0.39, 0.29) is 0 Å². The van der Waals surface area contributed by atoms with Gasteiger partial charge < -0.3 is 0 Å². The van der Waals surface area contributed by atoms with Crippen LogP contribution >= 0.6 is 0 Å². The molecule has 0 heteroatoms. The average molecular weight is 150 g/mol. The van der Waals surface area contributed by atoms with Crippen LogP contribution in [-0.2, 0) is 0 Å². The first-order valence-corrected chi connectivity index (χ1v) is 4.68. The topological polar surface area (TPSA) is 0 Å². The number of hydrogen-bond acceptors (Lipinski definition) is 0. The van der Waals surface area contributed by atoms with E-state index in [1.165, 1.54) is 25.7 Å². The Balaban J connectivity index is 2.52. The summed E-state index contributed by atoms with van der Waals surface area (Å²) in [5, 5.41) is 0. The Bertz CT molecular complexity index is 163. The molecule has 11 heavy (non-hydrogen) atoms. The average Bonchev–Trinajstić information content (AvgIpc) is 2.18. The molecule has 0 aliphatic heterocycles. The molecule has 1 rings (SSSR count). The zero-order valence-electron chi connectivity index (χ0n) is 7.64. The molecule has 0 saturated carbocycles. The van der Waals surface area contributed by atoms with E-state index in [1.54, 1.807) is 5.57 Å². The van der Waals surface area contributed by atoms with Crippen molar-refractivity contribution in [2.24, 2.45) is 5.92 Å². The molecule has 0 heterocycles. The molecule has 0 N–H and O–H groups in total. The smallest absolute Gasteiger partial charge is 0.0200 e. The van der Waals surface area contributed by atoms with E-state index < -0.39 is 0 Å². The van der Waals surface area contributed by atoms with Crippen molar-refractivity contribution in [1.29, 1.82) is 0 Å². The van der Waals surface area contributed by atoms with Crippen LogP contribution in [0, 0.1) is 5.92 Å². The molecule has 0 nitrogen and oxygen atoms in total. The molecular weight excluding hydrogens is 132 g/mol. The van der Waals surface area contributed by atoms with Crippen molar-refractivity contribution in [3.8, 4) is 0 Å². The Morgan fingerprint density at radius 2 is 2.36 bits per heavy atom. The van der Waals surface area contributed by atoms with Crippen molar-refractivity contribution in [2.75, 3.05) is 0 Å². The summed E-state index contributed by atoms with van der Waals surface area (Å²) in [6.45, 7) is 4.53. The summed E-state index contributed by atoms with van der Waals surface area (Å²) in [5.41, 5.74) is 1.57. The summed E-state index contributed by atoms with van der Waals surface area (Å²) in [5.74, 6) is 0.856. The highest BCUT2D eigenvalue weighted by molar-refractivity contribution is 5.15. The van der Waals surface area contributed by atoms with Crippen LogP contribution in [0.1, 0.15) is 39.5 Å². The Morgan fingerprint density at radius 3 is 3.09 bits per heavy atom. The van der Waals surface area contributed by atoms with Gasteiger partial charge in [0.25, 0.3) is 0 Å². The Kier molecular flexibility index (Phi) is 3.41. The second-order valence-corrected chi connectivity index (χ2v) is 3.40. The summed E-state index contributed by atoms with van der Waals surface area (Å²) in [6.07, 6.45) is 12.0. The van der Waals surface area contributed by atoms with Crippen molar-refractivity contribution in [2.45, 2.75) is 39.5 Å². The normalized spacial score (nSPS) is 24.5. The van der Waals surface area contributed by atoms with Gasteiger partial charge in [-0.1, -0.05) is 37.1 Å². The zero-order chi connectivity index (χ0) is 8.10. The Morgan fingerprint density at radius 1 is 1.55 bits per heavy atom. The minimum Gasteiger partial charge on any atom is -0.0845 e. The molecular formula is C11H18. The Labute approximate surface area is 70.0 Å². The van der Waals surface area contributed by atoms with E-state index in [1.807, 2.05) is 0 Å². The molecule has 0 amide bonds. The monoisotopic (exact) mass is 150 g/mol. The molecule has 0 aromatic carbocycles. The number of hydrogen-bond donors (Lipinski definition) is 0. The van der Waals surface area contributed by atoms with E-state index in [4.69, 9.17) is 0 Å². The second-order valence-electron chi connectivity index (χ2n) is 3.40. The van der Waals surface area contributed by atoms with E-state index >= 15 is 0 Å². The van der Waals surface area contributed by atoms with Crippen LogP contribution in [0.25, 0.3) is 0 Å². The molecule has 0 unspecified atom stereocenters. The van der Waals surface area contributed by atoms with Crippen LogP contribution < -0.4 is 0 Å². The third kappa shape index (κ3) is 2.53. The van der Waals surface area contributed by atoms with Gasteiger partial charge in [0.1, 0.15) is 0 Å². The van der Waals surface area contributed by atoms with Gasteiger partial charge in [-0.25, -0.2) is 0 Å². The quantitative estimate of drug-likeness (QED) is 0.563. The van der Waals surface area contributed by atoms with E-state index in [2.05, 4.69) is 32.1 Å². The maximum Gasteiger partial charge on any atom is -0.0200 e. The first-order valence-electron chi connectivity index (χ1n) is 4.68. The molecule has 0 saturated heterocycles. The first-order chi connectivity index (χ1) is 5.34. The lowest BCUT2D eigenvalue weighted by Crippen LogP contribution is -1.99. The summed E-state index contributed by atoms with van der Waals surface area (Å²) >= 11 is 0. The van der Waals surface area contributed by atoms with Gasteiger partial charge in [-0.05, 0) is 32.1 Å². The molecule has 62 valence electrons. The first kappa shape index (κ1) is 8.58. The standard InChI is InChI=1S/C11H18/c1-3-7-11-9-6-4-5-8-10(11)2/h4-5,8,11H,3,6-7,9H2,1-2H3/t11-/m1/s1. The summed E-state index contributed by atoms with van der Waals surface area (Å²) in [7, 11) is 0. The fraction of sp³-hybridized carbons (Fsp3) is 0.636. The fourth-order valence-electron chi connectivity index (χ4n) is 1.70. The molecule has 0 bridgehead atoms. The molecule has 0 radical (unpaired) electrons. The summed E-state index contributed by atoms with van der Waals surface area (Å²) < 4.78 is 0. The van der Waals surface area contributed by atoms with Crippen molar-refractivity contribution in [1.82, 2.24) is 0 Å². The SMILES string of the molecule is CCC[C@@H]1CCC=CC=C1C. The third-order valence-corrected chi connectivity index (χ3v) is 2.46. The van der Waals surface area contributed by atoms with E-state index in [9.17, 15) is 0 Å². The van der Waals surface area contributed by atoms with E-state index in [0.29, 0.717) is 0 Å². The van der Waals surface area contributed by atoms with Gasteiger partial charge in [-0.3, -0.25) is 0 Å². The fourth-order valence-corrected chi connectivity index (χ4v) is 1.70. The Hall–Kier alpha value is -0.520. The molecule has 0 aromatic rings. The maximum absolute atomic E-state index is 2.28. The number of rotatable bonds is 2. The predicted octanol–water partition coefficient (Wildman–Crippen LogP) is 3.70. The molecule has 1 aliphatic rings. The molecule has 0 spiro atoms. The van der Waals surface area contributed by atoms with Gasteiger partial charge in [-0.15, -0.1) is 0 Å². The summed E-state index contributed by atoms with van der Waals surface area (Å²) in [4.78, 5) is 0. The van der Waals surface area contributed by atoms with Crippen molar-refractivity contribution >= 4 is 0 Å². The van der Waals surface area contributed by atoms with Crippen LogP contribution in [0.4, 0.5) is 0 Å². The van der Waals surface area contributed by atoms with Crippen molar-refractivity contribution in [3.05, 3.63) is 23.8 Å². The second kappa shape index (κ2) is 4.38. The van der Waals surface area contributed by atoms with Crippen LogP contribution in [0.5, 0.6) is 0 Å². The summed E-state index contributed by atoms with van der Waals surface area (Å²) in [6, 6.07) is 0. The minimum atomic E-state index is 0.856. The lowest BCUT2D eigenvalue weighted by Gasteiger charge is -2.13. The van der Waals surface area contributed by atoms with Gasteiger partial charge in [-0.2, -0.15) is 0 Å². The molecule has 1 atom stereocenters. The van der Waals surface area contributed by atoms with Crippen molar-refractivity contribution in [3.63, 3.8) is 0 Å². The minimum absolute atomic E-state index is 0.856. The lowest BCUT2D eigenvalue weighted by atomic mass is 9.92. The third-order valence-electron chi connectivity index (χ3n) is 2.46. The van der Waals surface area contributed by atoms with Gasteiger partial charge in [0.05, 0.1) is 0 Å². The van der Waals surface area contributed by atoms with Crippen LogP contribution in [0.3, 0.4) is 0 Å². The zero-order valence-corrected chi connectivity index (χ0v) is 7.64. The molecule has 0 aromatic heterocycles. The largest absolute Gasteiger partial charge is 0.0845 e. The highest BCUT2D eigenvalue weighted by Crippen LogP contribution is 2.24. The lowest BCUT2D eigenvalue weighted by molar-refractivity contribution is 0.518. The molecule has 0 fully saturated rings. The van der Waals surface area contributed by atoms with Crippen molar-refractivity contribution < 1.29 is 0 Å². The van der Waals surface area contributed by atoms with Gasteiger partial charge in [0.2, 0.25) is 0 Å². The maximum atomic E-state index is 2.28. The van der Waals surface area contributed by atoms with Crippen LogP contribution in [-0.4, -0.2) is 0 Å². The highest BCUT2D eigenvalue weighted by atomic mass is 14.1. The van der Waals surface area contributed by atoms with E-state index in [0.717, 1.165) is 5.92 Å². The van der Waals surface area contributed by atoms with Gasteiger partial charge >= 0.3 is 0 Å². The van der Waals surface area contributed by atoms with Crippen LogP contribution in [0.15, 0.2) is 23.8 Å².